The molecule has 1 fully saturated rings. The maximum absolute atomic E-state index is 12.3. The van der Waals surface area contributed by atoms with Gasteiger partial charge in [0.25, 0.3) is 0 Å². The summed E-state index contributed by atoms with van der Waals surface area (Å²) in [4.78, 5) is 36.8. The molecule has 1 aliphatic rings. The number of nitrogens with one attached hydrogen (secondary N) is 1. The van der Waals surface area contributed by atoms with Crippen molar-refractivity contribution in [2.75, 3.05) is 13.1 Å². The highest BCUT2D eigenvalue weighted by molar-refractivity contribution is 5.94. The molecule has 0 radical (unpaired) electrons. The second-order valence-corrected chi connectivity index (χ2v) is 9.11. The van der Waals surface area contributed by atoms with Gasteiger partial charge in [-0.25, -0.2) is 4.79 Å². The average molecular weight is 523 g/mol. The van der Waals surface area contributed by atoms with Gasteiger partial charge in [0.1, 0.15) is 0 Å². The van der Waals surface area contributed by atoms with Crippen LogP contribution in [0.25, 0.3) is 0 Å². The quantitative estimate of drug-likeness (QED) is 0.157. The van der Waals surface area contributed by atoms with Crippen LogP contribution in [0.1, 0.15) is 77.6 Å². The molecule has 6 nitrogen and oxygen atoms in total. The van der Waals surface area contributed by atoms with Crippen molar-refractivity contribution in [3.8, 4) is 0 Å². The molecule has 0 aromatic rings. The lowest BCUT2D eigenvalue weighted by Gasteiger charge is -2.35. The number of hydrogen-bond acceptors (Lipinski definition) is 3. The molecule has 208 valence electrons. The fraction of sp³-hybridized carbons (Fsp3) is 0.469. The van der Waals surface area contributed by atoms with Gasteiger partial charge in [0.2, 0.25) is 11.8 Å². The number of carbonyl (C=O) groups excluding carboxylic acids is 2. The van der Waals surface area contributed by atoms with Crippen molar-refractivity contribution in [3.05, 3.63) is 85.1 Å². The second kappa shape index (κ2) is 22.8. The minimum absolute atomic E-state index is 0.0384. The van der Waals surface area contributed by atoms with E-state index in [1.165, 1.54) is 0 Å². The van der Waals surface area contributed by atoms with Crippen LogP contribution >= 0.6 is 0 Å². The van der Waals surface area contributed by atoms with E-state index < -0.39 is 5.97 Å². The molecule has 1 rings (SSSR count). The standard InChI is InChI=1S/C32H46N2O4/c1-2-3-4-5-6-7-8-9-10-11-12-13-14-15-16-17-18-19-20-24-30(35)33-28-29-23-21-22-27-34(29)31(36)25-26-32(37)38/h3-4,6-7,9-10,12-13,15-16,18-19,25-26,29H,2,5,8,11,14,17,20-24,27-28H2,1H3,(H,33,35)(H,37,38). The smallest absolute Gasteiger partial charge is 0.328 e. The number of aliphatic carboxylic acids is 1. The highest BCUT2D eigenvalue weighted by Gasteiger charge is 2.25. The number of hydrogen-bond donors (Lipinski definition) is 2. The van der Waals surface area contributed by atoms with Crippen LogP contribution in [0.2, 0.25) is 0 Å². The summed E-state index contributed by atoms with van der Waals surface area (Å²) in [5.41, 5.74) is 0. The number of carboxylic acids is 1. The van der Waals surface area contributed by atoms with Gasteiger partial charge in [0, 0.05) is 37.7 Å². The lowest BCUT2D eigenvalue weighted by atomic mass is 10.0. The van der Waals surface area contributed by atoms with Crippen molar-refractivity contribution in [2.45, 2.75) is 83.6 Å². The van der Waals surface area contributed by atoms with Crippen molar-refractivity contribution in [1.82, 2.24) is 10.2 Å². The van der Waals surface area contributed by atoms with E-state index in [9.17, 15) is 14.4 Å². The normalized spacial score (nSPS) is 17.0. The van der Waals surface area contributed by atoms with Gasteiger partial charge in [-0.05, 0) is 64.2 Å². The Morgan fingerprint density at radius 2 is 1.29 bits per heavy atom. The number of allylic oxidation sites excluding steroid dienone is 12. The number of rotatable bonds is 18. The van der Waals surface area contributed by atoms with Crippen molar-refractivity contribution in [1.29, 1.82) is 0 Å². The zero-order valence-electron chi connectivity index (χ0n) is 23.0. The largest absolute Gasteiger partial charge is 0.478 e. The summed E-state index contributed by atoms with van der Waals surface area (Å²) in [6.07, 6.45) is 37.4. The molecule has 0 saturated carbocycles. The van der Waals surface area contributed by atoms with E-state index >= 15 is 0 Å². The average Bonchev–Trinajstić information content (AvgIpc) is 2.92. The predicted octanol–water partition coefficient (Wildman–Crippen LogP) is 6.60. The number of carboxylic acid groups (broad SMARTS) is 1. The molecule has 1 heterocycles. The van der Waals surface area contributed by atoms with Gasteiger partial charge in [0.05, 0.1) is 0 Å². The molecule has 2 amide bonds. The fourth-order valence-corrected chi connectivity index (χ4v) is 3.92. The van der Waals surface area contributed by atoms with Crippen LogP contribution in [0.5, 0.6) is 0 Å². The molecule has 1 unspecified atom stereocenters. The van der Waals surface area contributed by atoms with Gasteiger partial charge in [-0.15, -0.1) is 0 Å². The molecule has 0 spiro atoms. The summed E-state index contributed by atoms with van der Waals surface area (Å²) >= 11 is 0. The van der Waals surface area contributed by atoms with Crippen LogP contribution in [0, 0.1) is 0 Å². The molecule has 2 N–H and O–H groups in total. The van der Waals surface area contributed by atoms with Crippen LogP contribution in [0.4, 0.5) is 0 Å². The highest BCUT2D eigenvalue weighted by Crippen LogP contribution is 2.17. The molecule has 0 aromatic carbocycles. The first-order valence-electron chi connectivity index (χ1n) is 13.9. The van der Waals surface area contributed by atoms with Gasteiger partial charge in [-0.2, -0.15) is 0 Å². The molecule has 0 aromatic heterocycles. The van der Waals surface area contributed by atoms with Crippen molar-refractivity contribution >= 4 is 17.8 Å². The Hall–Kier alpha value is -3.41. The number of piperidine rings is 1. The molecule has 1 atom stereocenters. The third-order valence-electron chi connectivity index (χ3n) is 5.95. The maximum Gasteiger partial charge on any atom is 0.328 e. The lowest BCUT2D eigenvalue weighted by Crippen LogP contribution is -2.48. The van der Waals surface area contributed by atoms with E-state index in [-0.39, 0.29) is 17.9 Å². The summed E-state index contributed by atoms with van der Waals surface area (Å²) in [7, 11) is 0. The Labute approximate surface area is 229 Å². The molecule has 1 saturated heterocycles. The first-order valence-corrected chi connectivity index (χ1v) is 13.9. The van der Waals surface area contributed by atoms with Crippen molar-refractivity contribution < 1.29 is 19.5 Å². The Morgan fingerprint density at radius 1 is 0.763 bits per heavy atom. The topological polar surface area (TPSA) is 86.7 Å². The molecular formula is C32H46N2O4. The molecule has 0 bridgehead atoms. The molecule has 0 aliphatic carbocycles. The number of carbonyl (C=O) groups is 3. The van der Waals surface area contributed by atoms with E-state index in [4.69, 9.17) is 5.11 Å². The first-order chi connectivity index (χ1) is 18.5. The van der Waals surface area contributed by atoms with Crippen LogP contribution in [-0.2, 0) is 14.4 Å². The third-order valence-corrected chi connectivity index (χ3v) is 5.95. The van der Waals surface area contributed by atoms with Gasteiger partial charge in [0.15, 0.2) is 0 Å². The Bertz CT molecular complexity index is 893. The van der Waals surface area contributed by atoms with E-state index in [0.29, 0.717) is 25.9 Å². The zero-order valence-corrected chi connectivity index (χ0v) is 23.0. The SMILES string of the molecule is CCC=CCC=CCC=CCC=CCC=CCC=CCCC(=O)NCC1CCCCN1C(=O)C=CC(=O)O. The first kappa shape index (κ1) is 32.6. The minimum Gasteiger partial charge on any atom is -0.478 e. The number of likely N-dealkylation sites (tertiary alicyclic amines) is 1. The van der Waals surface area contributed by atoms with Crippen LogP contribution in [-0.4, -0.2) is 46.9 Å². The van der Waals surface area contributed by atoms with Crippen molar-refractivity contribution in [3.63, 3.8) is 0 Å². The molecule has 38 heavy (non-hydrogen) atoms. The van der Waals surface area contributed by atoms with E-state index in [0.717, 1.165) is 69.9 Å². The van der Waals surface area contributed by atoms with E-state index in [1.54, 1.807) is 4.90 Å². The second-order valence-electron chi connectivity index (χ2n) is 9.11. The van der Waals surface area contributed by atoms with E-state index in [2.05, 4.69) is 79.1 Å². The van der Waals surface area contributed by atoms with Crippen LogP contribution < -0.4 is 5.32 Å². The van der Waals surface area contributed by atoms with Gasteiger partial charge >= 0.3 is 5.97 Å². The van der Waals surface area contributed by atoms with Crippen molar-refractivity contribution in [2.24, 2.45) is 0 Å². The van der Waals surface area contributed by atoms with Crippen LogP contribution in [0.3, 0.4) is 0 Å². The molecule has 6 heteroatoms. The summed E-state index contributed by atoms with van der Waals surface area (Å²) in [5, 5.41) is 11.6. The monoisotopic (exact) mass is 522 g/mol. The summed E-state index contributed by atoms with van der Waals surface area (Å²) in [6.45, 7) is 3.13. The Morgan fingerprint density at radius 3 is 1.82 bits per heavy atom. The number of nitrogens with zero attached hydrogens (tertiary/aromatic N) is 1. The van der Waals surface area contributed by atoms with Gasteiger partial charge in [-0.1, -0.05) is 79.8 Å². The highest BCUT2D eigenvalue weighted by atomic mass is 16.4. The fourth-order valence-electron chi connectivity index (χ4n) is 3.92. The van der Waals surface area contributed by atoms with Crippen LogP contribution in [0.15, 0.2) is 85.1 Å². The Balaban J connectivity index is 2.12. The third kappa shape index (κ3) is 17.9. The van der Waals surface area contributed by atoms with E-state index in [1.807, 2.05) is 6.08 Å². The van der Waals surface area contributed by atoms with Gasteiger partial charge < -0.3 is 15.3 Å². The minimum atomic E-state index is -1.14. The molecule has 1 aliphatic heterocycles. The zero-order chi connectivity index (χ0) is 27.7. The lowest BCUT2D eigenvalue weighted by molar-refractivity contribution is -0.133. The Kier molecular flexibility index (Phi) is 19.5. The van der Waals surface area contributed by atoms with Gasteiger partial charge in [-0.3, -0.25) is 9.59 Å². The number of amides is 2. The summed E-state index contributed by atoms with van der Waals surface area (Å²) in [6, 6.07) is -0.0930. The summed E-state index contributed by atoms with van der Waals surface area (Å²) in [5.74, 6) is -1.50. The maximum atomic E-state index is 12.3. The summed E-state index contributed by atoms with van der Waals surface area (Å²) < 4.78 is 0. The molecular weight excluding hydrogens is 476 g/mol. The predicted molar refractivity (Wildman–Crippen MR) is 157 cm³/mol.